The Morgan fingerprint density at radius 1 is 1.68 bits per heavy atom. The summed E-state index contributed by atoms with van der Waals surface area (Å²) in [6, 6.07) is -0.574. The Hall–Kier alpha value is -1.85. The zero-order valence-electron chi connectivity index (χ0n) is 11.1. The number of carbonyl (C=O) groups is 2. The number of imidazole rings is 1. The largest absolute Gasteiger partial charge is 0.368 e. The van der Waals surface area contributed by atoms with Crippen LogP contribution in [0.4, 0.5) is 0 Å². The number of hydrogen-bond acceptors (Lipinski definition) is 3. The van der Waals surface area contributed by atoms with E-state index in [0.717, 1.165) is 18.5 Å². The first kappa shape index (κ1) is 13.6. The molecule has 2 amide bonds. The third-order valence-electron chi connectivity index (χ3n) is 3.61. The molecular formula is C13H20N4O2. The van der Waals surface area contributed by atoms with Crippen molar-refractivity contribution >= 4 is 11.8 Å². The highest BCUT2D eigenvalue weighted by molar-refractivity contribution is 5.88. The molecule has 1 fully saturated rings. The Morgan fingerprint density at radius 2 is 2.47 bits per heavy atom. The maximum absolute atomic E-state index is 12.0. The van der Waals surface area contributed by atoms with Gasteiger partial charge in [-0.3, -0.25) is 9.59 Å². The van der Waals surface area contributed by atoms with Crippen LogP contribution in [-0.2, 0) is 16.0 Å². The number of rotatable bonds is 6. The van der Waals surface area contributed by atoms with Gasteiger partial charge in [0.15, 0.2) is 0 Å². The van der Waals surface area contributed by atoms with Gasteiger partial charge in [0.25, 0.3) is 0 Å². The van der Waals surface area contributed by atoms with Gasteiger partial charge in [-0.15, -0.1) is 0 Å². The number of nitrogens with one attached hydrogen (secondary N) is 1. The van der Waals surface area contributed by atoms with Crippen molar-refractivity contribution < 1.29 is 9.59 Å². The van der Waals surface area contributed by atoms with E-state index in [1.807, 2.05) is 0 Å². The minimum absolute atomic E-state index is 0.0294. The van der Waals surface area contributed by atoms with E-state index in [4.69, 9.17) is 5.73 Å². The predicted molar refractivity (Wildman–Crippen MR) is 70.0 cm³/mol. The van der Waals surface area contributed by atoms with Gasteiger partial charge in [-0.05, 0) is 12.3 Å². The third kappa shape index (κ3) is 3.13. The molecule has 2 atom stereocenters. The lowest BCUT2D eigenvalue weighted by atomic mass is 10.0. The van der Waals surface area contributed by atoms with E-state index in [-0.39, 0.29) is 5.91 Å². The fraction of sp³-hybridized carbons (Fsp3) is 0.615. The number of nitrogens with zero attached hydrogens (tertiary/aromatic N) is 2. The molecule has 0 bridgehead atoms. The summed E-state index contributed by atoms with van der Waals surface area (Å²) in [7, 11) is 0. The Labute approximate surface area is 112 Å². The topological polar surface area (TPSA) is 92.1 Å². The summed E-state index contributed by atoms with van der Waals surface area (Å²) in [4.78, 5) is 32.1. The SMILES string of the molecule is CCCC1CC(=O)N(C(Cc2cnc[nH]2)C(N)=O)C1. The summed E-state index contributed by atoms with van der Waals surface area (Å²) in [5.74, 6) is -0.0806. The minimum atomic E-state index is -0.574. The number of likely N-dealkylation sites (tertiary alicyclic amines) is 1. The lowest BCUT2D eigenvalue weighted by Crippen LogP contribution is -2.47. The quantitative estimate of drug-likeness (QED) is 0.781. The summed E-state index contributed by atoms with van der Waals surface area (Å²) in [5.41, 5.74) is 6.26. The molecule has 0 spiro atoms. The molecule has 1 aromatic rings. The van der Waals surface area contributed by atoms with Crippen LogP contribution in [0.15, 0.2) is 12.5 Å². The van der Waals surface area contributed by atoms with E-state index in [0.29, 0.717) is 25.3 Å². The van der Waals surface area contributed by atoms with Crippen molar-refractivity contribution in [3.63, 3.8) is 0 Å². The van der Waals surface area contributed by atoms with Gasteiger partial charge >= 0.3 is 0 Å². The molecule has 2 heterocycles. The number of primary amides is 1. The number of aromatic nitrogens is 2. The summed E-state index contributed by atoms with van der Waals surface area (Å²) >= 11 is 0. The van der Waals surface area contributed by atoms with Crippen molar-refractivity contribution in [1.82, 2.24) is 14.9 Å². The number of amides is 2. The molecule has 19 heavy (non-hydrogen) atoms. The highest BCUT2D eigenvalue weighted by atomic mass is 16.2. The summed E-state index contributed by atoms with van der Waals surface area (Å²) in [6.45, 7) is 2.73. The van der Waals surface area contributed by atoms with Gasteiger partial charge in [0, 0.05) is 31.3 Å². The van der Waals surface area contributed by atoms with Gasteiger partial charge in [-0.1, -0.05) is 13.3 Å². The van der Waals surface area contributed by atoms with Crippen molar-refractivity contribution in [3.8, 4) is 0 Å². The molecule has 1 saturated heterocycles. The Kier molecular flexibility index (Phi) is 4.19. The standard InChI is InChI=1S/C13H20N4O2/c1-2-3-9-4-12(18)17(7-9)11(13(14)19)5-10-6-15-8-16-10/h6,8-9,11H,2-5,7H2,1H3,(H2,14,19)(H,15,16). The van der Waals surface area contributed by atoms with Crippen LogP contribution in [0.1, 0.15) is 31.9 Å². The zero-order chi connectivity index (χ0) is 13.8. The molecule has 6 heteroatoms. The second kappa shape index (κ2) is 5.86. The molecule has 1 aliphatic rings. The van der Waals surface area contributed by atoms with Crippen LogP contribution in [0.3, 0.4) is 0 Å². The van der Waals surface area contributed by atoms with E-state index in [1.54, 1.807) is 17.4 Å². The molecule has 0 aromatic carbocycles. The first-order valence-electron chi connectivity index (χ1n) is 6.67. The van der Waals surface area contributed by atoms with Gasteiger partial charge in [0.2, 0.25) is 11.8 Å². The number of H-pyrrole nitrogens is 1. The maximum atomic E-state index is 12.0. The average molecular weight is 264 g/mol. The molecule has 0 radical (unpaired) electrons. The van der Waals surface area contributed by atoms with Crippen molar-refractivity contribution in [1.29, 1.82) is 0 Å². The van der Waals surface area contributed by atoms with Crippen LogP contribution < -0.4 is 5.73 Å². The molecule has 1 aromatic heterocycles. The third-order valence-corrected chi connectivity index (χ3v) is 3.61. The monoisotopic (exact) mass is 264 g/mol. The van der Waals surface area contributed by atoms with Crippen molar-refractivity contribution in [2.75, 3.05) is 6.54 Å². The van der Waals surface area contributed by atoms with Crippen LogP contribution in [0, 0.1) is 5.92 Å². The van der Waals surface area contributed by atoms with E-state index >= 15 is 0 Å². The van der Waals surface area contributed by atoms with Gasteiger partial charge in [-0.2, -0.15) is 0 Å². The van der Waals surface area contributed by atoms with Crippen molar-refractivity contribution in [2.24, 2.45) is 11.7 Å². The molecule has 6 nitrogen and oxygen atoms in total. The highest BCUT2D eigenvalue weighted by Crippen LogP contribution is 2.25. The van der Waals surface area contributed by atoms with E-state index < -0.39 is 11.9 Å². The molecule has 0 saturated carbocycles. The summed E-state index contributed by atoms with van der Waals surface area (Å²) in [6.07, 6.45) is 6.20. The van der Waals surface area contributed by atoms with Gasteiger partial charge in [-0.25, -0.2) is 4.98 Å². The lowest BCUT2D eigenvalue weighted by Gasteiger charge is -2.25. The van der Waals surface area contributed by atoms with Crippen molar-refractivity contribution in [3.05, 3.63) is 18.2 Å². The van der Waals surface area contributed by atoms with Crippen LogP contribution in [0.25, 0.3) is 0 Å². The molecule has 104 valence electrons. The second-order valence-corrected chi connectivity index (χ2v) is 5.10. The Morgan fingerprint density at radius 3 is 3.05 bits per heavy atom. The Bertz CT molecular complexity index is 444. The van der Waals surface area contributed by atoms with Gasteiger partial charge < -0.3 is 15.6 Å². The maximum Gasteiger partial charge on any atom is 0.240 e. The normalized spacial score (nSPS) is 20.8. The van der Waals surface area contributed by atoms with Crippen LogP contribution in [-0.4, -0.2) is 39.3 Å². The number of nitrogens with two attached hydrogens (primary N) is 1. The van der Waals surface area contributed by atoms with Crippen molar-refractivity contribution in [2.45, 2.75) is 38.6 Å². The van der Waals surface area contributed by atoms with E-state index in [9.17, 15) is 9.59 Å². The fourth-order valence-electron chi connectivity index (χ4n) is 2.68. The molecule has 0 aliphatic carbocycles. The van der Waals surface area contributed by atoms with Gasteiger partial charge in [0.1, 0.15) is 6.04 Å². The lowest BCUT2D eigenvalue weighted by molar-refractivity contribution is -0.136. The first-order chi connectivity index (χ1) is 9.11. The smallest absolute Gasteiger partial charge is 0.240 e. The number of aromatic amines is 1. The first-order valence-corrected chi connectivity index (χ1v) is 6.67. The molecule has 2 rings (SSSR count). The minimum Gasteiger partial charge on any atom is -0.368 e. The van der Waals surface area contributed by atoms with E-state index in [1.165, 1.54) is 0 Å². The molecule has 2 unspecified atom stereocenters. The van der Waals surface area contributed by atoms with Gasteiger partial charge in [0.05, 0.1) is 6.33 Å². The zero-order valence-corrected chi connectivity index (χ0v) is 11.1. The fourth-order valence-corrected chi connectivity index (χ4v) is 2.68. The Balaban J connectivity index is 2.07. The average Bonchev–Trinajstić information content (AvgIpc) is 2.96. The molecule has 3 N–H and O–H groups in total. The summed E-state index contributed by atoms with van der Waals surface area (Å²) < 4.78 is 0. The van der Waals surface area contributed by atoms with Crippen LogP contribution in [0.5, 0.6) is 0 Å². The number of carbonyl (C=O) groups excluding carboxylic acids is 2. The summed E-state index contributed by atoms with van der Waals surface area (Å²) in [5, 5.41) is 0. The number of hydrogen-bond donors (Lipinski definition) is 2. The molecular weight excluding hydrogens is 244 g/mol. The second-order valence-electron chi connectivity index (χ2n) is 5.10. The van der Waals surface area contributed by atoms with E-state index in [2.05, 4.69) is 16.9 Å². The highest BCUT2D eigenvalue weighted by Gasteiger charge is 2.36. The van der Waals surface area contributed by atoms with Crippen LogP contribution >= 0.6 is 0 Å². The van der Waals surface area contributed by atoms with Crippen LogP contribution in [0.2, 0.25) is 0 Å². The molecule has 1 aliphatic heterocycles. The predicted octanol–water partition coefficient (Wildman–Crippen LogP) is 0.455.